The van der Waals surface area contributed by atoms with Crippen molar-refractivity contribution in [3.8, 4) is 0 Å². The highest BCUT2D eigenvalue weighted by Crippen LogP contribution is 2.48. The van der Waals surface area contributed by atoms with Gasteiger partial charge in [-0.3, -0.25) is 33.8 Å². The van der Waals surface area contributed by atoms with Crippen LogP contribution < -0.4 is 0 Å². The SMILES string of the molecule is COC1=C(C)C(=O)C2=C(C1=O)[C@@H]1[C@@H]3CC4=C(C(=O)C(C)=C(C)C4=O)[C@H](COC(C)=O)N3[C@@H](O)C(C2)N1C. The van der Waals surface area contributed by atoms with Crippen LogP contribution in [-0.2, 0) is 33.4 Å². The molecule has 196 valence electrons. The summed E-state index contributed by atoms with van der Waals surface area (Å²) < 4.78 is 10.7. The van der Waals surface area contributed by atoms with E-state index in [1.165, 1.54) is 14.0 Å². The molecule has 37 heavy (non-hydrogen) atoms. The number of ketones is 4. The summed E-state index contributed by atoms with van der Waals surface area (Å²) >= 11 is 0. The third-order valence-corrected chi connectivity index (χ3v) is 8.64. The van der Waals surface area contributed by atoms with Crippen molar-refractivity contribution in [1.82, 2.24) is 9.80 Å². The zero-order chi connectivity index (χ0) is 27.1. The minimum absolute atomic E-state index is 0.0150. The van der Waals surface area contributed by atoms with Gasteiger partial charge < -0.3 is 14.6 Å². The zero-order valence-electron chi connectivity index (χ0n) is 21.7. The van der Waals surface area contributed by atoms with Crippen molar-refractivity contribution in [2.45, 2.75) is 70.9 Å². The molecular weight excluding hydrogens is 480 g/mol. The number of aliphatic hydroxyl groups excluding tert-OH is 1. The van der Waals surface area contributed by atoms with Crippen LogP contribution in [0.2, 0.25) is 0 Å². The Kier molecular flexibility index (Phi) is 5.97. The van der Waals surface area contributed by atoms with Gasteiger partial charge in [-0.2, -0.15) is 0 Å². The summed E-state index contributed by atoms with van der Waals surface area (Å²) in [7, 11) is 3.13. The van der Waals surface area contributed by atoms with Crippen molar-refractivity contribution < 1.29 is 38.6 Å². The van der Waals surface area contributed by atoms with Gasteiger partial charge in [0, 0.05) is 52.0 Å². The van der Waals surface area contributed by atoms with Crippen molar-refractivity contribution in [3.63, 3.8) is 0 Å². The number of piperazine rings is 1. The molecule has 0 aromatic carbocycles. The molecule has 10 nitrogen and oxygen atoms in total. The predicted molar refractivity (Wildman–Crippen MR) is 129 cm³/mol. The molecular formula is C27H30N2O8. The summed E-state index contributed by atoms with van der Waals surface area (Å²) in [4.78, 5) is 69.1. The van der Waals surface area contributed by atoms with Gasteiger partial charge in [-0.05, 0) is 40.7 Å². The number of likely N-dealkylation sites (N-methyl/N-ethyl adjacent to an activating group) is 1. The number of Topliss-reactive ketones (excluding diaryl/α,β-unsaturated/α-hetero) is 4. The fourth-order valence-corrected chi connectivity index (χ4v) is 6.68. The van der Waals surface area contributed by atoms with E-state index in [-0.39, 0.29) is 53.7 Å². The van der Waals surface area contributed by atoms with E-state index in [1.807, 2.05) is 4.90 Å². The van der Waals surface area contributed by atoms with Gasteiger partial charge >= 0.3 is 5.97 Å². The fraction of sp³-hybridized carbons (Fsp3) is 0.519. The molecule has 0 spiro atoms. The number of nitrogens with zero attached hydrogens (tertiary/aromatic N) is 2. The van der Waals surface area contributed by atoms with Gasteiger partial charge in [-0.15, -0.1) is 0 Å². The van der Waals surface area contributed by atoms with E-state index in [4.69, 9.17) is 9.47 Å². The summed E-state index contributed by atoms with van der Waals surface area (Å²) in [6.45, 7) is 5.76. The molecule has 2 aliphatic carbocycles. The van der Waals surface area contributed by atoms with Crippen LogP contribution in [-0.4, -0.2) is 95.2 Å². The average molecular weight is 511 g/mol. The Morgan fingerprint density at radius 2 is 1.46 bits per heavy atom. The molecule has 2 bridgehead atoms. The molecule has 0 amide bonds. The van der Waals surface area contributed by atoms with Gasteiger partial charge in [0.2, 0.25) is 5.78 Å². The van der Waals surface area contributed by atoms with E-state index < -0.39 is 42.1 Å². The minimum Gasteiger partial charge on any atom is -0.492 e. The number of hydrogen-bond acceptors (Lipinski definition) is 10. The first-order valence-electron chi connectivity index (χ1n) is 12.3. The second-order valence-electron chi connectivity index (χ2n) is 10.3. The lowest BCUT2D eigenvalue weighted by molar-refractivity contribution is -0.171. The molecule has 0 aromatic rings. The quantitative estimate of drug-likeness (QED) is 0.424. The van der Waals surface area contributed by atoms with Gasteiger partial charge in [-0.1, -0.05) is 0 Å². The van der Waals surface area contributed by atoms with Crippen LogP contribution in [0.1, 0.15) is 40.5 Å². The third-order valence-electron chi connectivity index (χ3n) is 8.64. The molecule has 3 heterocycles. The standard InChI is InChI=1S/C27H30N2O8/c1-10-11(2)24(33)19-14(22(10)31)7-16-21-20-15(23(32)12(3)26(36-6)25(20)34)8-17(28(21)5)27(35)29(16)18(19)9-37-13(4)30/h16-18,21,27,35H,7-9H2,1-6H3/t16-,17?,18-,21-,27-/m0/s1. The Balaban J connectivity index is 1.69. The van der Waals surface area contributed by atoms with Gasteiger partial charge in [0.05, 0.1) is 25.2 Å². The molecule has 1 unspecified atom stereocenters. The summed E-state index contributed by atoms with van der Waals surface area (Å²) in [5, 5.41) is 11.6. The second kappa shape index (κ2) is 8.68. The molecule has 1 N–H and O–H groups in total. The molecule has 5 rings (SSSR count). The Hall–Kier alpha value is -3.21. The number of aliphatic hydroxyl groups is 1. The maximum absolute atomic E-state index is 13.6. The topological polar surface area (TPSA) is 131 Å². The van der Waals surface area contributed by atoms with E-state index >= 15 is 0 Å². The second-order valence-corrected chi connectivity index (χ2v) is 10.3. The van der Waals surface area contributed by atoms with E-state index in [9.17, 15) is 29.1 Å². The first-order chi connectivity index (χ1) is 17.4. The minimum atomic E-state index is -1.15. The molecule has 0 radical (unpaired) electrons. The molecule has 5 atom stereocenters. The lowest BCUT2D eigenvalue weighted by Gasteiger charge is -2.60. The Labute approximate surface area is 214 Å². The molecule has 1 saturated heterocycles. The number of fused-ring (bicyclic) bond motifs is 5. The van der Waals surface area contributed by atoms with Crippen LogP contribution in [0, 0.1) is 0 Å². The maximum atomic E-state index is 13.6. The fourth-order valence-electron chi connectivity index (χ4n) is 6.68. The van der Waals surface area contributed by atoms with Crippen LogP contribution >= 0.6 is 0 Å². The number of rotatable bonds is 3. The van der Waals surface area contributed by atoms with Gasteiger partial charge in [0.15, 0.2) is 23.1 Å². The van der Waals surface area contributed by atoms with Crippen LogP contribution in [0.3, 0.4) is 0 Å². The Morgan fingerprint density at radius 3 is 2.08 bits per heavy atom. The monoisotopic (exact) mass is 510 g/mol. The van der Waals surface area contributed by atoms with Crippen LogP contribution in [0.25, 0.3) is 0 Å². The molecule has 0 saturated carbocycles. The number of hydrogen-bond donors (Lipinski definition) is 1. The van der Waals surface area contributed by atoms with E-state index in [0.29, 0.717) is 27.9 Å². The highest BCUT2D eigenvalue weighted by atomic mass is 16.5. The number of allylic oxidation sites excluding steroid dienone is 4. The van der Waals surface area contributed by atoms with E-state index in [0.717, 1.165) is 0 Å². The van der Waals surface area contributed by atoms with Gasteiger partial charge in [0.1, 0.15) is 12.8 Å². The number of methoxy groups -OCH3 is 1. The van der Waals surface area contributed by atoms with Crippen molar-refractivity contribution >= 4 is 29.1 Å². The van der Waals surface area contributed by atoms with Crippen LogP contribution in [0.5, 0.6) is 0 Å². The Bertz CT molecular complexity index is 1320. The summed E-state index contributed by atoms with van der Waals surface area (Å²) in [6.07, 6.45) is -0.938. The van der Waals surface area contributed by atoms with Crippen LogP contribution in [0.4, 0.5) is 0 Å². The van der Waals surface area contributed by atoms with Crippen molar-refractivity contribution in [2.75, 3.05) is 20.8 Å². The van der Waals surface area contributed by atoms with Crippen molar-refractivity contribution in [1.29, 1.82) is 0 Å². The summed E-state index contributed by atoms with van der Waals surface area (Å²) in [6, 6.07) is -2.75. The Morgan fingerprint density at radius 1 is 0.892 bits per heavy atom. The number of carbonyl (C=O) groups is 5. The first-order valence-corrected chi connectivity index (χ1v) is 12.3. The van der Waals surface area contributed by atoms with E-state index in [2.05, 4.69) is 0 Å². The number of carbonyl (C=O) groups excluding carboxylic acids is 5. The summed E-state index contributed by atoms with van der Waals surface area (Å²) in [5.41, 5.74) is 2.06. The maximum Gasteiger partial charge on any atom is 0.302 e. The lowest BCUT2D eigenvalue weighted by Crippen LogP contribution is -2.74. The van der Waals surface area contributed by atoms with Crippen molar-refractivity contribution in [2.24, 2.45) is 0 Å². The smallest absolute Gasteiger partial charge is 0.302 e. The zero-order valence-corrected chi connectivity index (χ0v) is 21.7. The molecule has 0 aromatic heterocycles. The summed E-state index contributed by atoms with van der Waals surface area (Å²) in [5.74, 6) is -1.85. The number of ether oxygens (including phenoxy) is 2. The van der Waals surface area contributed by atoms with Crippen molar-refractivity contribution in [3.05, 3.63) is 44.8 Å². The lowest BCUT2D eigenvalue weighted by atomic mass is 9.68. The predicted octanol–water partition coefficient (Wildman–Crippen LogP) is 0.551. The highest BCUT2D eigenvalue weighted by molar-refractivity contribution is 6.26. The first kappa shape index (κ1) is 25.4. The van der Waals surface area contributed by atoms with Gasteiger partial charge in [-0.25, -0.2) is 0 Å². The van der Waals surface area contributed by atoms with Gasteiger partial charge in [0.25, 0.3) is 0 Å². The molecule has 1 fully saturated rings. The number of esters is 1. The molecule has 5 aliphatic rings. The largest absolute Gasteiger partial charge is 0.492 e. The highest BCUT2D eigenvalue weighted by Gasteiger charge is 2.59. The van der Waals surface area contributed by atoms with E-state index in [1.54, 1.807) is 32.7 Å². The van der Waals surface area contributed by atoms with Crippen LogP contribution in [0.15, 0.2) is 44.8 Å². The molecule has 3 aliphatic heterocycles. The average Bonchev–Trinajstić information content (AvgIpc) is 2.86. The molecule has 10 heteroatoms. The normalized spacial score (nSPS) is 32.6. The third kappa shape index (κ3) is 3.39.